The first-order chi connectivity index (χ1) is 11.5. The van der Waals surface area contributed by atoms with Crippen LogP contribution in [0.1, 0.15) is 16.2 Å². The van der Waals surface area contributed by atoms with Gasteiger partial charge in [-0.2, -0.15) is 0 Å². The van der Waals surface area contributed by atoms with Crippen molar-refractivity contribution in [1.82, 2.24) is 19.9 Å². The highest BCUT2D eigenvalue weighted by Crippen LogP contribution is 2.22. The first-order valence-electron chi connectivity index (χ1n) is 7.29. The number of benzene rings is 1. The topological polar surface area (TPSA) is 97.6 Å². The third-order valence-electron chi connectivity index (χ3n) is 3.85. The first-order valence-corrected chi connectivity index (χ1v) is 7.67. The number of carboxylic acids is 1. The molecular weight excluding hydrogens is 336 g/mol. The van der Waals surface area contributed by atoms with Crippen molar-refractivity contribution >= 4 is 23.5 Å². The molecule has 1 amide bonds. The summed E-state index contributed by atoms with van der Waals surface area (Å²) in [5.74, 6) is -1.60. The Morgan fingerprint density at radius 1 is 1.38 bits per heavy atom. The number of amides is 1. The molecule has 1 saturated heterocycles. The van der Waals surface area contributed by atoms with Crippen LogP contribution in [0.3, 0.4) is 0 Å². The number of nitrogens with zero attached hydrogens (tertiary/aromatic N) is 4. The van der Waals surface area contributed by atoms with Crippen molar-refractivity contribution in [2.45, 2.75) is 13.0 Å². The normalized spacial score (nSPS) is 17.8. The molecule has 3 rings (SSSR count). The Balaban J connectivity index is 1.94. The number of hydrogen-bond acceptors (Lipinski definition) is 5. The smallest absolute Gasteiger partial charge is 0.328 e. The molecule has 9 heteroatoms. The van der Waals surface area contributed by atoms with Crippen LogP contribution < -0.4 is 0 Å². The molecule has 2 heterocycles. The number of rotatable bonds is 3. The molecule has 1 N–H and O–H groups in total. The van der Waals surface area contributed by atoms with Crippen LogP contribution in [0.5, 0.6) is 0 Å². The van der Waals surface area contributed by atoms with E-state index in [1.807, 2.05) is 0 Å². The van der Waals surface area contributed by atoms with E-state index in [1.54, 1.807) is 31.2 Å². The monoisotopic (exact) mass is 350 g/mol. The highest BCUT2D eigenvalue weighted by molar-refractivity contribution is 6.32. The molecule has 24 heavy (non-hydrogen) atoms. The lowest BCUT2D eigenvalue weighted by Crippen LogP contribution is -2.52. The van der Waals surface area contributed by atoms with Crippen LogP contribution in [0.25, 0.3) is 5.69 Å². The number of hydrogen-bond donors (Lipinski definition) is 1. The Labute approximate surface area is 142 Å². The van der Waals surface area contributed by atoms with Crippen LogP contribution in [0.2, 0.25) is 5.02 Å². The summed E-state index contributed by atoms with van der Waals surface area (Å²) in [6.07, 6.45) is 0. The van der Waals surface area contributed by atoms with Gasteiger partial charge in [-0.25, -0.2) is 9.48 Å². The lowest BCUT2D eigenvalue weighted by molar-refractivity contribution is -0.147. The molecule has 1 aliphatic heterocycles. The summed E-state index contributed by atoms with van der Waals surface area (Å²) in [7, 11) is 0. The van der Waals surface area contributed by atoms with Crippen LogP contribution in [0.15, 0.2) is 24.3 Å². The Morgan fingerprint density at radius 2 is 2.12 bits per heavy atom. The minimum atomic E-state index is -1.11. The van der Waals surface area contributed by atoms with Crippen molar-refractivity contribution in [3.05, 3.63) is 40.7 Å². The van der Waals surface area contributed by atoms with Gasteiger partial charge in [-0.1, -0.05) is 28.9 Å². The Bertz CT molecular complexity index is 792. The SMILES string of the molecule is Cc1c(C(=O)N2CCOC[C@H]2C(=O)O)nnn1-c1ccccc1Cl. The van der Waals surface area contributed by atoms with E-state index in [1.165, 1.54) is 9.58 Å². The quantitative estimate of drug-likeness (QED) is 0.892. The molecule has 1 aliphatic rings. The predicted molar refractivity (Wildman–Crippen MR) is 84.4 cm³/mol. The van der Waals surface area contributed by atoms with E-state index in [4.69, 9.17) is 16.3 Å². The number of morpholine rings is 1. The molecule has 0 unspecified atom stereocenters. The van der Waals surface area contributed by atoms with E-state index in [2.05, 4.69) is 10.3 Å². The summed E-state index contributed by atoms with van der Waals surface area (Å²) in [6, 6.07) is 6.02. The summed E-state index contributed by atoms with van der Waals surface area (Å²) in [5.41, 5.74) is 1.19. The molecule has 2 aromatic rings. The lowest BCUT2D eigenvalue weighted by atomic mass is 10.2. The molecule has 0 spiro atoms. The van der Waals surface area contributed by atoms with Crippen LogP contribution in [0.4, 0.5) is 0 Å². The van der Waals surface area contributed by atoms with Gasteiger partial charge in [0.25, 0.3) is 5.91 Å². The zero-order valence-corrected chi connectivity index (χ0v) is 13.6. The van der Waals surface area contributed by atoms with E-state index >= 15 is 0 Å². The number of para-hydroxylation sites is 1. The summed E-state index contributed by atoms with van der Waals surface area (Å²) >= 11 is 6.15. The van der Waals surface area contributed by atoms with Crippen LogP contribution in [-0.2, 0) is 9.53 Å². The van der Waals surface area contributed by atoms with Gasteiger partial charge in [-0.15, -0.1) is 5.10 Å². The Morgan fingerprint density at radius 3 is 2.83 bits per heavy atom. The fourth-order valence-electron chi connectivity index (χ4n) is 2.57. The number of ether oxygens (including phenoxy) is 1. The maximum Gasteiger partial charge on any atom is 0.328 e. The lowest BCUT2D eigenvalue weighted by Gasteiger charge is -2.32. The van der Waals surface area contributed by atoms with Crippen molar-refractivity contribution in [2.75, 3.05) is 19.8 Å². The van der Waals surface area contributed by atoms with Crippen molar-refractivity contribution in [3.63, 3.8) is 0 Å². The molecule has 0 bridgehead atoms. The van der Waals surface area contributed by atoms with Gasteiger partial charge < -0.3 is 14.7 Å². The zero-order valence-electron chi connectivity index (χ0n) is 12.8. The second kappa shape index (κ2) is 6.58. The summed E-state index contributed by atoms with van der Waals surface area (Å²) < 4.78 is 6.61. The van der Waals surface area contributed by atoms with Gasteiger partial charge in [0.2, 0.25) is 0 Å². The maximum atomic E-state index is 12.7. The molecule has 0 radical (unpaired) electrons. The van der Waals surface area contributed by atoms with Crippen molar-refractivity contribution in [3.8, 4) is 5.69 Å². The van der Waals surface area contributed by atoms with Gasteiger partial charge in [0, 0.05) is 6.54 Å². The predicted octanol–water partition coefficient (Wildman–Crippen LogP) is 1.15. The van der Waals surface area contributed by atoms with Gasteiger partial charge >= 0.3 is 5.97 Å². The second-order valence-electron chi connectivity index (χ2n) is 5.31. The molecule has 1 atom stereocenters. The zero-order chi connectivity index (χ0) is 17.3. The highest BCUT2D eigenvalue weighted by atomic mass is 35.5. The molecular formula is C15H15ClN4O4. The Kier molecular flexibility index (Phi) is 4.50. The van der Waals surface area contributed by atoms with Crippen LogP contribution in [-0.4, -0.2) is 62.7 Å². The number of aliphatic carboxylic acids is 1. The molecule has 126 valence electrons. The summed E-state index contributed by atoms with van der Waals surface area (Å²) in [5, 5.41) is 17.7. The average Bonchev–Trinajstić information content (AvgIpc) is 2.96. The molecule has 0 saturated carbocycles. The van der Waals surface area contributed by atoms with Gasteiger partial charge in [0.15, 0.2) is 11.7 Å². The number of halogens is 1. The van der Waals surface area contributed by atoms with Gasteiger partial charge in [0.1, 0.15) is 0 Å². The van der Waals surface area contributed by atoms with E-state index in [0.29, 0.717) is 16.4 Å². The minimum Gasteiger partial charge on any atom is -0.480 e. The molecule has 8 nitrogen and oxygen atoms in total. The summed E-state index contributed by atoms with van der Waals surface area (Å²) in [6.45, 7) is 2.12. The third kappa shape index (κ3) is 2.85. The van der Waals surface area contributed by atoms with Crippen molar-refractivity contribution < 1.29 is 19.4 Å². The van der Waals surface area contributed by atoms with E-state index < -0.39 is 17.9 Å². The van der Waals surface area contributed by atoms with E-state index in [0.717, 1.165) is 0 Å². The molecule has 0 aliphatic carbocycles. The standard InChI is InChI=1S/C15H15ClN4O4/c1-9-13(14(21)19-6-7-24-8-12(19)15(22)23)17-18-20(9)11-5-3-2-4-10(11)16/h2-5,12H,6-8H2,1H3,(H,22,23)/t12-/m0/s1. The van der Waals surface area contributed by atoms with Crippen molar-refractivity contribution in [1.29, 1.82) is 0 Å². The average molecular weight is 351 g/mol. The fourth-order valence-corrected chi connectivity index (χ4v) is 2.78. The van der Waals surface area contributed by atoms with E-state index in [-0.39, 0.29) is 25.5 Å². The Hall–Kier alpha value is -2.45. The molecule has 1 aromatic heterocycles. The second-order valence-corrected chi connectivity index (χ2v) is 5.72. The molecule has 1 aromatic carbocycles. The highest BCUT2D eigenvalue weighted by Gasteiger charge is 2.35. The van der Waals surface area contributed by atoms with Gasteiger partial charge in [-0.05, 0) is 19.1 Å². The number of carbonyl (C=O) groups is 2. The number of carbonyl (C=O) groups excluding carboxylic acids is 1. The van der Waals surface area contributed by atoms with E-state index in [9.17, 15) is 14.7 Å². The van der Waals surface area contributed by atoms with Crippen molar-refractivity contribution in [2.24, 2.45) is 0 Å². The van der Waals surface area contributed by atoms with Gasteiger partial charge in [-0.3, -0.25) is 4.79 Å². The van der Waals surface area contributed by atoms with Crippen LogP contribution >= 0.6 is 11.6 Å². The number of carboxylic acid groups (broad SMARTS) is 1. The van der Waals surface area contributed by atoms with Gasteiger partial charge in [0.05, 0.1) is 29.6 Å². The number of aromatic nitrogens is 3. The first kappa shape index (κ1) is 16.4. The largest absolute Gasteiger partial charge is 0.480 e. The minimum absolute atomic E-state index is 0.0429. The van der Waals surface area contributed by atoms with Crippen LogP contribution in [0, 0.1) is 6.92 Å². The third-order valence-corrected chi connectivity index (χ3v) is 4.17. The molecule has 1 fully saturated rings. The fraction of sp³-hybridized carbons (Fsp3) is 0.333. The summed E-state index contributed by atoms with van der Waals surface area (Å²) in [4.78, 5) is 25.3. The maximum absolute atomic E-state index is 12.7.